The molecule has 1 aliphatic rings. The second-order valence-electron chi connectivity index (χ2n) is 7.45. The summed E-state index contributed by atoms with van der Waals surface area (Å²) in [5, 5.41) is 6.45. The van der Waals surface area contributed by atoms with Crippen molar-refractivity contribution in [2.45, 2.75) is 32.2 Å². The van der Waals surface area contributed by atoms with Crippen molar-refractivity contribution in [3.8, 4) is 0 Å². The van der Waals surface area contributed by atoms with Crippen LogP contribution in [0.5, 0.6) is 0 Å². The van der Waals surface area contributed by atoms with Crippen LogP contribution in [0.2, 0.25) is 0 Å². The minimum atomic E-state index is -4.31. The van der Waals surface area contributed by atoms with Gasteiger partial charge in [-0.2, -0.15) is 13.2 Å². The molecule has 31 heavy (non-hydrogen) atoms. The summed E-state index contributed by atoms with van der Waals surface area (Å²) in [6.07, 6.45) is -1.74. The van der Waals surface area contributed by atoms with Gasteiger partial charge in [0.2, 0.25) is 0 Å². The molecule has 2 heterocycles. The molecule has 0 saturated carbocycles. The molecule has 1 aliphatic heterocycles. The number of hydrogen-bond acceptors (Lipinski definition) is 4. The Hall–Kier alpha value is -2.81. The van der Waals surface area contributed by atoms with Crippen molar-refractivity contribution in [2.24, 2.45) is 4.99 Å². The molecule has 0 aliphatic carbocycles. The number of nitrogens with zero attached hydrogens (tertiary/aromatic N) is 3. The second kappa shape index (κ2) is 10.5. The zero-order valence-corrected chi connectivity index (χ0v) is 17.7. The Morgan fingerprint density at radius 3 is 2.65 bits per heavy atom. The SMILES string of the molecule is CN=C(NCCc1ccc(C(F)(F)F)cc1)NCc1ccnc(N2CCOC(C)C2)c1. The zero-order chi connectivity index (χ0) is 22.3. The molecule has 9 heteroatoms. The van der Waals surface area contributed by atoms with Crippen LogP contribution in [0.4, 0.5) is 19.0 Å². The molecular weight excluding hydrogens is 407 g/mol. The Bertz CT molecular complexity index is 870. The number of ether oxygens (including phenoxy) is 1. The average molecular weight is 435 g/mol. The summed E-state index contributed by atoms with van der Waals surface area (Å²) >= 11 is 0. The Morgan fingerprint density at radius 2 is 1.97 bits per heavy atom. The number of nitrogens with one attached hydrogen (secondary N) is 2. The topological polar surface area (TPSA) is 61.8 Å². The molecule has 2 aromatic rings. The fourth-order valence-electron chi connectivity index (χ4n) is 3.36. The summed E-state index contributed by atoms with van der Waals surface area (Å²) < 4.78 is 43.5. The standard InChI is InChI=1S/C22H28F3N5O/c1-16-15-30(11-12-31-16)20-13-18(8-9-27-20)14-29-21(26-2)28-10-7-17-3-5-19(6-4-17)22(23,24)25/h3-6,8-9,13,16H,7,10-12,14-15H2,1-2H3,(H2,26,28,29). The lowest BCUT2D eigenvalue weighted by Crippen LogP contribution is -2.41. The van der Waals surface area contributed by atoms with Gasteiger partial charge in [-0.25, -0.2) is 4.98 Å². The lowest BCUT2D eigenvalue weighted by atomic mass is 10.1. The molecule has 0 radical (unpaired) electrons. The van der Waals surface area contributed by atoms with E-state index in [0.717, 1.165) is 42.2 Å². The lowest BCUT2D eigenvalue weighted by Gasteiger charge is -2.32. The van der Waals surface area contributed by atoms with Crippen molar-refractivity contribution in [3.63, 3.8) is 0 Å². The van der Waals surface area contributed by atoms with Crippen LogP contribution in [0.3, 0.4) is 0 Å². The molecule has 0 amide bonds. The number of anilines is 1. The monoisotopic (exact) mass is 435 g/mol. The predicted octanol–water partition coefficient (Wildman–Crippen LogP) is 3.23. The molecule has 2 N–H and O–H groups in total. The van der Waals surface area contributed by atoms with Crippen LogP contribution in [0.25, 0.3) is 0 Å². The number of benzene rings is 1. The van der Waals surface area contributed by atoms with E-state index < -0.39 is 11.7 Å². The summed E-state index contributed by atoms with van der Waals surface area (Å²) in [6, 6.07) is 9.24. The predicted molar refractivity (Wildman–Crippen MR) is 115 cm³/mol. The van der Waals surface area contributed by atoms with E-state index in [1.165, 1.54) is 12.1 Å². The van der Waals surface area contributed by atoms with E-state index >= 15 is 0 Å². The van der Waals surface area contributed by atoms with Gasteiger partial charge in [0.15, 0.2) is 5.96 Å². The first-order valence-corrected chi connectivity index (χ1v) is 10.3. The first-order chi connectivity index (χ1) is 14.8. The van der Waals surface area contributed by atoms with Gasteiger partial charge in [-0.15, -0.1) is 0 Å². The normalized spacial score (nSPS) is 17.5. The number of hydrogen-bond donors (Lipinski definition) is 2. The number of alkyl halides is 3. The molecule has 1 fully saturated rings. The first-order valence-electron chi connectivity index (χ1n) is 10.3. The van der Waals surface area contributed by atoms with Crippen LogP contribution in [0.1, 0.15) is 23.6 Å². The molecule has 6 nitrogen and oxygen atoms in total. The van der Waals surface area contributed by atoms with Crippen molar-refractivity contribution in [1.29, 1.82) is 0 Å². The third kappa shape index (κ3) is 6.85. The third-order valence-corrected chi connectivity index (χ3v) is 5.05. The number of aromatic nitrogens is 1. The van der Waals surface area contributed by atoms with Crippen LogP contribution in [0.15, 0.2) is 47.6 Å². The maximum Gasteiger partial charge on any atom is 0.416 e. The number of guanidine groups is 1. The van der Waals surface area contributed by atoms with Gasteiger partial charge in [0, 0.05) is 39.4 Å². The molecular formula is C22H28F3N5O. The Labute approximate surface area is 180 Å². The van der Waals surface area contributed by atoms with E-state index in [0.29, 0.717) is 32.1 Å². The van der Waals surface area contributed by atoms with Crippen LogP contribution in [0, 0.1) is 0 Å². The van der Waals surface area contributed by atoms with Gasteiger partial charge in [-0.3, -0.25) is 4.99 Å². The van der Waals surface area contributed by atoms with Gasteiger partial charge in [0.1, 0.15) is 5.82 Å². The number of halogens is 3. The highest BCUT2D eigenvalue weighted by Crippen LogP contribution is 2.29. The molecule has 3 rings (SSSR count). The van der Waals surface area contributed by atoms with Gasteiger partial charge in [0.25, 0.3) is 0 Å². The van der Waals surface area contributed by atoms with Gasteiger partial charge in [0.05, 0.1) is 18.3 Å². The van der Waals surface area contributed by atoms with Gasteiger partial charge < -0.3 is 20.3 Å². The highest BCUT2D eigenvalue weighted by molar-refractivity contribution is 5.79. The molecule has 0 spiro atoms. The van der Waals surface area contributed by atoms with Gasteiger partial charge in [-0.1, -0.05) is 12.1 Å². The largest absolute Gasteiger partial charge is 0.416 e. The maximum absolute atomic E-state index is 12.6. The second-order valence-corrected chi connectivity index (χ2v) is 7.45. The van der Waals surface area contributed by atoms with Crippen LogP contribution < -0.4 is 15.5 Å². The van der Waals surface area contributed by atoms with Crippen molar-refractivity contribution < 1.29 is 17.9 Å². The summed E-state index contributed by atoms with van der Waals surface area (Å²) in [5.41, 5.74) is 1.27. The lowest BCUT2D eigenvalue weighted by molar-refractivity contribution is -0.137. The Balaban J connectivity index is 1.47. The van der Waals surface area contributed by atoms with E-state index in [1.54, 1.807) is 13.2 Å². The molecule has 168 valence electrons. The zero-order valence-electron chi connectivity index (χ0n) is 17.7. The number of aliphatic imine (C=N–C) groups is 1. The number of pyridine rings is 1. The highest BCUT2D eigenvalue weighted by atomic mass is 19.4. The number of rotatable bonds is 6. The van der Waals surface area contributed by atoms with E-state index in [4.69, 9.17) is 4.74 Å². The smallest absolute Gasteiger partial charge is 0.375 e. The van der Waals surface area contributed by atoms with Crippen molar-refractivity contribution in [3.05, 3.63) is 59.3 Å². The van der Waals surface area contributed by atoms with Crippen molar-refractivity contribution >= 4 is 11.8 Å². The maximum atomic E-state index is 12.6. The molecule has 1 unspecified atom stereocenters. The average Bonchev–Trinajstić information content (AvgIpc) is 2.76. The first kappa shape index (κ1) is 22.9. The summed E-state index contributed by atoms with van der Waals surface area (Å²) in [4.78, 5) is 10.9. The Morgan fingerprint density at radius 1 is 1.19 bits per heavy atom. The van der Waals surface area contributed by atoms with Gasteiger partial charge in [-0.05, 0) is 48.7 Å². The summed E-state index contributed by atoms with van der Waals surface area (Å²) in [6.45, 7) is 5.52. The van der Waals surface area contributed by atoms with Crippen LogP contribution in [-0.4, -0.2) is 50.3 Å². The molecule has 1 aromatic heterocycles. The Kier molecular flexibility index (Phi) is 7.73. The molecule has 1 aromatic carbocycles. The van der Waals surface area contributed by atoms with E-state index in [9.17, 15) is 13.2 Å². The minimum Gasteiger partial charge on any atom is -0.375 e. The highest BCUT2D eigenvalue weighted by Gasteiger charge is 2.29. The van der Waals surface area contributed by atoms with Gasteiger partial charge >= 0.3 is 6.18 Å². The van der Waals surface area contributed by atoms with Crippen molar-refractivity contribution in [1.82, 2.24) is 15.6 Å². The fraction of sp³-hybridized carbons (Fsp3) is 0.455. The molecule has 1 atom stereocenters. The molecule has 0 bridgehead atoms. The fourth-order valence-corrected chi connectivity index (χ4v) is 3.36. The van der Waals surface area contributed by atoms with Crippen LogP contribution >= 0.6 is 0 Å². The molecule has 1 saturated heterocycles. The van der Waals surface area contributed by atoms with Crippen molar-refractivity contribution in [2.75, 3.05) is 38.2 Å². The van der Waals surface area contributed by atoms with Crippen LogP contribution in [-0.2, 0) is 23.9 Å². The summed E-state index contributed by atoms with van der Waals surface area (Å²) in [5.74, 6) is 1.56. The van der Waals surface area contributed by atoms with E-state index in [1.807, 2.05) is 6.07 Å². The number of morpholine rings is 1. The van der Waals surface area contributed by atoms with E-state index in [-0.39, 0.29) is 6.10 Å². The minimum absolute atomic E-state index is 0.185. The third-order valence-electron chi connectivity index (χ3n) is 5.05. The quantitative estimate of drug-likeness (QED) is 0.539. The van der Waals surface area contributed by atoms with E-state index in [2.05, 4.69) is 38.5 Å². The summed E-state index contributed by atoms with van der Waals surface area (Å²) in [7, 11) is 1.68.